The number of pyridine rings is 1. The molecule has 0 aliphatic heterocycles. The molecule has 1 heterocycles. The molecule has 0 bridgehead atoms. The number of nitrogens with zero attached hydrogens (tertiary/aromatic N) is 3. The van der Waals surface area contributed by atoms with Crippen LogP contribution in [-0.2, 0) is 7.05 Å². The third-order valence-electron chi connectivity index (χ3n) is 4.16. The van der Waals surface area contributed by atoms with Crippen LogP contribution in [0.2, 0.25) is 0 Å². The summed E-state index contributed by atoms with van der Waals surface area (Å²) in [4.78, 5) is 27.5. The lowest BCUT2D eigenvalue weighted by molar-refractivity contribution is -0.651. The second kappa shape index (κ2) is 6.47. The number of aromatic nitrogens is 1. The number of carbonyl (C=O) groups excluding carboxylic acids is 2. The molecule has 0 saturated heterocycles. The van der Waals surface area contributed by atoms with Crippen LogP contribution in [-0.4, -0.2) is 50.0 Å². The van der Waals surface area contributed by atoms with E-state index in [0.29, 0.717) is 11.3 Å². The molecule has 0 radical (unpaired) electrons. The zero-order chi connectivity index (χ0) is 18.2. The van der Waals surface area contributed by atoms with Gasteiger partial charge in [0.2, 0.25) is 5.52 Å². The van der Waals surface area contributed by atoms with Gasteiger partial charge in [-0.2, -0.15) is 4.57 Å². The molecule has 24 heavy (non-hydrogen) atoms. The highest BCUT2D eigenvalue weighted by molar-refractivity contribution is 6.01. The second-order valence-corrected chi connectivity index (χ2v) is 6.26. The Morgan fingerprint density at radius 2 is 1.67 bits per heavy atom. The summed E-state index contributed by atoms with van der Waals surface area (Å²) in [6.45, 7) is 3.81. The van der Waals surface area contributed by atoms with Crippen molar-refractivity contribution in [3.05, 3.63) is 35.0 Å². The zero-order valence-electron chi connectivity index (χ0n) is 15.3. The molecule has 0 saturated carbocycles. The van der Waals surface area contributed by atoms with Gasteiger partial charge in [0.15, 0.2) is 5.69 Å². The number of benzene rings is 1. The first-order valence-electron chi connectivity index (χ1n) is 7.69. The molecule has 0 aliphatic rings. The summed E-state index contributed by atoms with van der Waals surface area (Å²) >= 11 is 0. The van der Waals surface area contributed by atoms with Crippen molar-refractivity contribution in [2.24, 2.45) is 7.05 Å². The summed E-state index contributed by atoms with van der Waals surface area (Å²) in [6.07, 6.45) is -0.453. The van der Waals surface area contributed by atoms with Gasteiger partial charge in [-0.1, -0.05) is 6.07 Å². The summed E-state index contributed by atoms with van der Waals surface area (Å²) in [5.41, 5.74) is 3.21. The molecule has 0 aliphatic carbocycles. The monoisotopic (exact) mass is 330 g/mol. The number of hydrogen-bond acceptors (Lipinski definition) is 3. The van der Waals surface area contributed by atoms with E-state index in [-0.39, 0.29) is 5.91 Å². The van der Waals surface area contributed by atoms with Crippen LogP contribution in [0.4, 0.5) is 4.79 Å². The molecule has 0 spiro atoms. The Labute approximate surface area is 142 Å². The van der Waals surface area contributed by atoms with Crippen molar-refractivity contribution < 1.29 is 18.9 Å². The molecule has 6 heteroatoms. The van der Waals surface area contributed by atoms with Crippen molar-refractivity contribution in [1.82, 2.24) is 9.80 Å². The first-order chi connectivity index (χ1) is 11.2. The number of aryl methyl sites for hydroxylation is 2. The van der Waals surface area contributed by atoms with Crippen LogP contribution in [0.5, 0.6) is 5.75 Å². The van der Waals surface area contributed by atoms with Gasteiger partial charge in [0.1, 0.15) is 18.4 Å². The van der Waals surface area contributed by atoms with Crippen molar-refractivity contribution in [2.45, 2.75) is 13.8 Å². The maximum absolute atomic E-state index is 12.6. The van der Waals surface area contributed by atoms with E-state index in [9.17, 15) is 9.59 Å². The maximum Gasteiger partial charge on any atom is 0.414 e. The quantitative estimate of drug-likeness (QED) is 0.792. The summed E-state index contributed by atoms with van der Waals surface area (Å²) in [5.74, 6) is 0.378. The Kier molecular flexibility index (Phi) is 4.78. The lowest BCUT2D eigenvalue weighted by Gasteiger charge is -2.17. The normalized spacial score (nSPS) is 10.6. The molecular weight excluding hydrogens is 306 g/mol. The van der Waals surface area contributed by atoms with Gasteiger partial charge in [-0.05, 0) is 18.6 Å². The van der Waals surface area contributed by atoms with Crippen LogP contribution < -0.4 is 9.30 Å². The minimum atomic E-state index is -0.453. The summed E-state index contributed by atoms with van der Waals surface area (Å²) in [6, 6.07) is 5.54. The topological polar surface area (TPSA) is 53.7 Å². The predicted octanol–water partition coefficient (Wildman–Crippen LogP) is 2.04. The third kappa shape index (κ3) is 2.91. The number of rotatable bonds is 2. The van der Waals surface area contributed by atoms with Crippen LogP contribution in [0.25, 0.3) is 10.9 Å². The average molecular weight is 330 g/mol. The molecule has 2 aromatic rings. The van der Waals surface area contributed by atoms with Crippen molar-refractivity contribution >= 4 is 22.9 Å². The largest absolute Gasteiger partial charge is 0.414 e. The molecule has 0 unspecified atom stereocenters. The average Bonchev–Trinajstić information content (AvgIpc) is 2.52. The highest BCUT2D eigenvalue weighted by Crippen LogP contribution is 2.30. The summed E-state index contributed by atoms with van der Waals surface area (Å²) in [7, 11) is 8.62. The van der Waals surface area contributed by atoms with Crippen molar-refractivity contribution in [2.75, 3.05) is 28.2 Å². The molecule has 1 aromatic carbocycles. The van der Waals surface area contributed by atoms with E-state index in [2.05, 4.69) is 0 Å². The van der Waals surface area contributed by atoms with E-state index in [1.54, 1.807) is 39.2 Å². The van der Waals surface area contributed by atoms with Crippen LogP contribution in [0.3, 0.4) is 0 Å². The maximum atomic E-state index is 12.6. The number of carbonyl (C=O) groups is 2. The third-order valence-corrected chi connectivity index (χ3v) is 4.16. The van der Waals surface area contributed by atoms with Gasteiger partial charge < -0.3 is 14.5 Å². The Balaban J connectivity index is 2.80. The van der Waals surface area contributed by atoms with E-state index in [1.165, 1.54) is 4.90 Å². The van der Waals surface area contributed by atoms with Gasteiger partial charge in [-0.25, -0.2) is 4.79 Å². The Hall–Kier alpha value is -2.63. The number of fused-ring (bicyclic) bond motifs is 1. The molecule has 0 N–H and O–H groups in total. The highest BCUT2D eigenvalue weighted by atomic mass is 16.6. The Morgan fingerprint density at radius 1 is 1.04 bits per heavy atom. The first-order valence-corrected chi connectivity index (χ1v) is 7.69. The van der Waals surface area contributed by atoms with E-state index in [4.69, 9.17) is 4.74 Å². The van der Waals surface area contributed by atoms with Crippen LogP contribution >= 0.6 is 0 Å². The minimum absolute atomic E-state index is 0.0729. The van der Waals surface area contributed by atoms with E-state index in [0.717, 1.165) is 22.2 Å². The van der Waals surface area contributed by atoms with Gasteiger partial charge in [-0.15, -0.1) is 0 Å². The fraction of sp³-hybridized carbons (Fsp3) is 0.389. The number of amides is 2. The fourth-order valence-corrected chi connectivity index (χ4v) is 2.73. The van der Waals surface area contributed by atoms with Gasteiger partial charge in [0.05, 0.1) is 5.39 Å². The predicted molar refractivity (Wildman–Crippen MR) is 92.3 cm³/mol. The molecule has 1 aromatic heterocycles. The van der Waals surface area contributed by atoms with Crippen LogP contribution in [0, 0.1) is 13.8 Å². The Morgan fingerprint density at radius 3 is 2.21 bits per heavy atom. The zero-order valence-corrected chi connectivity index (χ0v) is 15.3. The van der Waals surface area contributed by atoms with E-state index >= 15 is 0 Å². The van der Waals surface area contributed by atoms with Crippen LogP contribution in [0.1, 0.15) is 21.6 Å². The smallest absolute Gasteiger partial charge is 0.409 e. The summed E-state index contributed by atoms with van der Waals surface area (Å²) in [5, 5.41) is 0.769. The molecule has 0 fully saturated rings. The molecular formula is C18H24N3O3+. The van der Waals surface area contributed by atoms with Gasteiger partial charge >= 0.3 is 6.09 Å². The lowest BCUT2D eigenvalue weighted by Crippen LogP contribution is -2.38. The van der Waals surface area contributed by atoms with E-state index < -0.39 is 6.09 Å². The summed E-state index contributed by atoms with van der Waals surface area (Å²) < 4.78 is 7.46. The van der Waals surface area contributed by atoms with Crippen molar-refractivity contribution in [3.63, 3.8) is 0 Å². The second-order valence-electron chi connectivity index (χ2n) is 6.26. The van der Waals surface area contributed by atoms with E-state index in [1.807, 2.05) is 37.6 Å². The molecule has 128 valence electrons. The fourth-order valence-electron chi connectivity index (χ4n) is 2.73. The van der Waals surface area contributed by atoms with Gasteiger partial charge in [0.25, 0.3) is 5.91 Å². The minimum Gasteiger partial charge on any atom is -0.409 e. The van der Waals surface area contributed by atoms with Crippen molar-refractivity contribution in [3.8, 4) is 5.75 Å². The molecule has 2 rings (SSSR count). The molecule has 0 atom stereocenters. The number of hydrogen-bond donors (Lipinski definition) is 0. The molecule has 6 nitrogen and oxygen atoms in total. The lowest BCUT2D eigenvalue weighted by atomic mass is 9.99. The van der Waals surface area contributed by atoms with Gasteiger partial charge in [0, 0.05) is 41.2 Å². The highest BCUT2D eigenvalue weighted by Gasteiger charge is 2.27. The molecule has 2 amide bonds. The standard InChI is InChI=1S/C18H24N3O3/c1-11-15(17(22)19(3)4)12(2)21(7)13-9-8-10-14(16(11)13)24-18(23)20(5)6/h8-10H,1-7H3/q+1. The Bertz CT molecular complexity index is 826. The SMILES string of the molecule is Cc1c(C(=O)N(C)C)c(C)[n+](C)c2cccc(OC(=O)N(C)C)c12. The van der Waals surface area contributed by atoms with Gasteiger partial charge in [-0.3, -0.25) is 4.79 Å². The van der Waals surface area contributed by atoms with Crippen LogP contribution in [0.15, 0.2) is 18.2 Å². The van der Waals surface area contributed by atoms with Crippen molar-refractivity contribution in [1.29, 1.82) is 0 Å². The first kappa shape index (κ1) is 17.7. The number of ether oxygens (including phenoxy) is 1.